The standard InChI is InChI=1S/C20H20N2O7/c1-13-5-4-6-15(22(25)26)20(13)21-18(23)12-29-19(24)10-8-14-7-9-16(27-2)17(11-14)28-3/h4-11H,12H2,1-3H3,(H,21,23)/b10-8+. The molecule has 152 valence electrons. The summed E-state index contributed by atoms with van der Waals surface area (Å²) in [5.74, 6) is -0.374. The minimum atomic E-state index is -0.741. The Morgan fingerprint density at radius 1 is 1.14 bits per heavy atom. The molecule has 2 aromatic rings. The van der Waals surface area contributed by atoms with Crippen molar-refractivity contribution in [3.8, 4) is 11.5 Å². The summed E-state index contributed by atoms with van der Waals surface area (Å²) in [6, 6.07) is 9.50. The summed E-state index contributed by atoms with van der Waals surface area (Å²) in [4.78, 5) is 34.3. The van der Waals surface area contributed by atoms with E-state index in [-0.39, 0.29) is 11.4 Å². The van der Waals surface area contributed by atoms with Crippen LogP contribution in [-0.4, -0.2) is 37.6 Å². The Kier molecular flexibility index (Phi) is 7.30. The third-order valence-electron chi connectivity index (χ3n) is 3.88. The highest BCUT2D eigenvalue weighted by Gasteiger charge is 2.18. The van der Waals surface area contributed by atoms with E-state index in [0.29, 0.717) is 22.6 Å². The summed E-state index contributed by atoms with van der Waals surface area (Å²) in [7, 11) is 3.01. The van der Waals surface area contributed by atoms with Gasteiger partial charge in [0, 0.05) is 12.1 Å². The van der Waals surface area contributed by atoms with Crippen molar-refractivity contribution in [2.45, 2.75) is 6.92 Å². The minimum absolute atomic E-state index is 0.0689. The number of carbonyl (C=O) groups excluding carboxylic acids is 2. The molecular weight excluding hydrogens is 380 g/mol. The van der Waals surface area contributed by atoms with Gasteiger partial charge in [0.1, 0.15) is 5.69 Å². The van der Waals surface area contributed by atoms with Crippen molar-refractivity contribution in [1.29, 1.82) is 0 Å². The molecule has 0 spiro atoms. The van der Waals surface area contributed by atoms with Gasteiger partial charge >= 0.3 is 5.97 Å². The molecule has 1 N–H and O–H groups in total. The van der Waals surface area contributed by atoms with Crippen LogP contribution in [0.1, 0.15) is 11.1 Å². The Morgan fingerprint density at radius 3 is 2.52 bits per heavy atom. The summed E-state index contributed by atoms with van der Waals surface area (Å²) in [6.45, 7) is 1.04. The number of anilines is 1. The smallest absolute Gasteiger partial charge is 0.331 e. The Morgan fingerprint density at radius 2 is 1.86 bits per heavy atom. The quantitative estimate of drug-likeness (QED) is 0.313. The Bertz CT molecular complexity index is 954. The second-order valence-corrected chi connectivity index (χ2v) is 5.83. The number of para-hydroxylation sites is 1. The van der Waals surface area contributed by atoms with Crippen molar-refractivity contribution >= 4 is 29.3 Å². The molecule has 29 heavy (non-hydrogen) atoms. The highest BCUT2D eigenvalue weighted by molar-refractivity contribution is 5.96. The Hall–Kier alpha value is -3.88. The predicted octanol–water partition coefficient (Wildman–Crippen LogP) is 3.12. The van der Waals surface area contributed by atoms with Crippen molar-refractivity contribution in [1.82, 2.24) is 0 Å². The molecule has 1 amide bonds. The average molecular weight is 400 g/mol. The van der Waals surface area contributed by atoms with E-state index in [1.807, 2.05) is 0 Å². The number of amides is 1. The van der Waals surface area contributed by atoms with Gasteiger partial charge in [-0.1, -0.05) is 18.2 Å². The largest absolute Gasteiger partial charge is 0.493 e. The van der Waals surface area contributed by atoms with Crippen LogP contribution in [-0.2, 0) is 14.3 Å². The molecule has 0 fully saturated rings. The molecule has 0 aliphatic heterocycles. The van der Waals surface area contributed by atoms with Gasteiger partial charge < -0.3 is 19.5 Å². The van der Waals surface area contributed by atoms with Gasteiger partial charge in [-0.15, -0.1) is 0 Å². The van der Waals surface area contributed by atoms with Crippen LogP contribution >= 0.6 is 0 Å². The van der Waals surface area contributed by atoms with Crippen molar-refractivity contribution in [3.63, 3.8) is 0 Å². The summed E-state index contributed by atoms with van der Waals surface area (Å²) in [5, 5.41) is 13.5. The fourth-order valence-corrected chi connectivity index (χ4v) is 2.45. The number of nitrogens with one attached hydrogen (secondary N) is 1. The van der Waals surface area contributed by atoms with E-state index in [1.165, 1.54) is 32.4 Å². The van der Waals surface area contributed by atoms with Gasteiger partial charge in [0.05, 0.1) is 19.1 Å². The lowest BCUT2D eigenvalue weighted by molar-refractivity contribution is -0.384. The van der Waals surface area contributed by atoms with E-state index in [1.54, 1.807) is 31.2 Å². The molecule has 2 rings (SSSR count). The predicted molar refractivity (Wildman–Crippen MR) is 106 cm³/mol. The first kappa shape index (κ1) is 21.4. The maximum atomic E-state index is 12.0. The minimum Gasteiger partial charge on any atom is -0.493 e. The Labute approximate surface area is 167 Å². The fraction of sp³-hybridized carbons (Fsp3) is 0.200. The molecule has 0 unspecified atom stereocenters. The highest BCUT2D eigenvalue weighted by atomic mass is 16.6. The number of aryl methyl sites for hydroxylation is 1. The zero-order chi connectivity index (χ0) is 21.4. The number of nitrogens with zero attached hydrogens (tertiary/aromatic N) is 1. The number of esters is 1. The molecule has 0 aliphatic carbocycles. The van der Waals surface area contributed by atoms with Crippen molar-refractivity contribution in [3.05, 3.63) is 63.7 Å². The number of methoxy groups -OCH3 is 2. The molecule has 0 aromatic heterocycles. The van der Waals surface area contributed by atoms with Gasteiger partial charge in [-0.25, -0.2) is 4.79 Å². The van der Waals surface area contributed by atoms with Crippen LogP contribution in [0.3, 0.4) is 0 Å². The number of ether oxygens (including phenoxy) is 3. The van der Waals surface area contributed by atoms with Gasteiger partial charge in [0.25, 0.3) is 11.6 Å². The van der Waals surface area contributed by atoms with Crippen molar-refractivity contribution < 1.29 is 28.7 Å². The lowest BCUT2D eigenvalue weighted by atomic mass is 10.1. The molecule has 2 aromatic carbocycles. The molecule has 9 nitrogen and oxygen atoms in total. The van der Waals surface area contributed by atoms with Crippen LogP contribution in [0.15, 0.2) is 42.5 Å². The monoisotopic (exact) mass is 400 g/mol. The zero-order valence-corrected chi connectivity index (χ0v) is 16.1. The van der Waals surface area contributed by atoms with E-state index in [9.17, 15) is 19.7 Å². The molecule has 9 heteroatoms. The second kappa shape index (κ2) is 9.88. The number of rotatable bonds is 8. The molecule has 0 bridgehead atoms. The number of nitro groups is 1. The third-order valence-corrected chi connectivity index (χ3v) is 3.88. The van der Waals surface area contributed by atoms with Crippen LogP contribution < -0.4 is 14.8 Å². The second-order valence-electron chi connectivity index (χ2n) is 5.83. The van der Waals surface area contributed by atoms with Gasteiger partial charge in [-0.05, 0) is 36.3 Å². The molecule has 0 radical (unpaired) electrons. The van der Waals surface area contributed by atoms with Crippen LogP contribution in [0.4, 0.5) is 11.4 Å². The topological polar surface area (TPSA) is 117 Å². The lowest BCUT2D eigenvalue weighted by Gasteiger charge is -2.09. The molecule has 0 heterocycles. The lowest BCUT2D eigenvalue weighted by Crippen LogP contribution is -2.21. The first-order chi connectivity index (χ1) is 13.8. The van der Waals surface area contributed by atoms with Gasteiger partial charge in [-0.3, -0.25) is 14.9 Å². The maximum absolute atomic E-state index is 12.0. The highest BCUT2D eigenvalue weighted by Crippen LogP contribution is 2.28. The van der Waals surface area contributed by atoms with Crippen LogP contribution in [0, 0.1) is 17.0 Å². The number of hydrogen-bond acceptors (Lipinski definition) is 7. The molecular formula is C20H20N2O7. The summed E-state index contributed by atoms with van der Waals surface area (Å²) >= 11 is 0. The molecule has 0 saturated heterocycles. The Balaban J connectivity index is 1.95. The van der Waals surface area contributed by atoms with Crippen molar-refractivity contribution in [2.24, 2.45) is 0 Å². The molecule has 0 aliphatic rings. The van der Waals surface area contributed by atoms with Crippen molar-refractivity contribution in [2.75, 3.05) is 26.1 Å². The third kappa shape index (κ3) is 5.80. The van der Waals surface area contributed by atoms with Gasteiger partial charge in [0.15, 0.2) is 18.1 Å². The maximum Gasteiger partial charge on any atom is 0.331 e. The molecule has 0 saturated carbocycles. The van der Waals surface area contributed by atoms with Crippen LogP contribution in [0.25, 0.3) is 6.08 Å². The molecule has 0 atom stereocenters. The number of carbonyl (C=O) groups is 2. The van der Waals surface area contributed by atoms with E-state index in [4.69, 9.17) is 14.2 Å². The van der Waals surface area contributed by atoms with Crippen LogP contribution in [0.5, 0.6) is 11.5 Å². The van der Waals surface area contributed by atoms with E-state index < -0.39 is 23.4 Å². The zero-order valence-electron chi connectivity index (χ0n) is 16.1. The SMILES string of the molecule is COc1ccc(/C=C/C(=O)OCC(=O)Nc2c(C)cccc2[N+](=O)[O-])cc1OC. The first-order valence-corrected chi connectivity index (χ1v) is 8.46. The normalized spacial score (nSPS) is 10.4. The summed E-state index contributed by atoms with van der Waals surface area (Å²) < 4.78 is 15.2. The van der Waals surface area contributed by atoms with Gasteiger partial charge in [0.2, 0.25) is 0 Å². The van der Waals surface area contributed by atoms with Gasteiger partial charge in [-0.2, -0.15) is 0 Å². The number of nitro benzene ring substituents is 1. The first-order valence-electron chi connectivity index (χ1n) is 8.46. The summed E-state index contributed by atoms with van der Waals surface area (Å²) in [5.41, 5.74) is 1.02. The van der Waals surface area contributed by atoms with E-state index in [0.717, 1.165) is 6.08 Å². The average Bonchev–Trinajstić information content (AvgIpc) is 2.71. The number of hydrogen-bond donors (Lipinski definition) is 1. The fourth-order valence-electron chi connectivity index (χ4n) is 2.45. The summed E-state index contributed by atoms with van der Waals surface area (Å²) in [6.07, 6.45) is 2.65. The van der Waals surface area contributed by atoms with E-state index >= 15 is 0 Å². The van der Waals surface area contributed by atoms with Crippen LogP contribution in [0.2, 0.25) is 0 Å². The number of benzene rings is 2. The van der Waals surface area contributed by atoms with E-state index in [2.05, 4.69) is 5.32 Å².